The monoisotopic (exact) mass is 317 g/mol. The number of phenolic OH excluding ortho intramolecular Hbond substituents is 2. The number of esters is 1. The van der Waals surface area contributed by atoms with E-state index in [1.165, 1.54) is 12.1 Å². The van der Waals surface area contributed by atoms with Gasteiger partial charge in [0.25, 0.3) is 0 Å². The number of benzene rings is 2. The van der Waals surface area contributed by atoms with E-state index in [4.69, 9.17) is 10.5 Å². The Morgan fingerprint density at radius 1 is 1.04 bits per heavy atom. The summed E-state index contributed by atoms with van der Waals surface area (Å²) in [6, 6.07) is 12.8. The highest BCUT2D eigenvalue weighted by Gasteiger charge is 2.16. The van der Waals surface area contributed by atoms with Gasteiger partial charge >= 0.3 is 5.97 Å². The summed E-state index contributed by atoms with van der Waals surface area (Å²) >= 11 is 0. The van der Waals surface area contributed by atoms with Crippen molar-refractivity contribution in [3.63, 3.8) is 0 Å². The van der Waals surface area contributed by atoms with Crippen LogP contribution in [0.2, 0.25) is 0 Å². The van der Waals surface area contributed by atoms with E-state index in [0.29, 0.717) is 5.56 Å². The number of phenols is 2. The van der Waals surface area contributed by atoms with Crippen molar-refractivity contribution in [3.05, 3.63) is 59.7 Å². The summed E-state index contributed by atoms with van der Waals surface area (Å²) in [6.07, 6.45) is 0.224. The molecular formula is C18H23NO4. The summed E-state index contributed by atoms with van der Waals surface area (Å²) in [5.41, 5.74) is 7.32. The Bertz CT molecular complexity index is 614. The fourth-order valence-corrected chi connectivity index (χ4v) is 1.87. The van der Waals surface area contributed by atoms with Crippen LogP contribution >= 0.6 is 0 Å². The topological polar surface area (TPSA) is 92.8 Å². The molecule has 0 saturated carbocycles. The molecule has 0 bridgehead atoms. The first-order valence-electron chi connectivity index (χ1n) is 7.53. The summed E-state index contributed by atoms with van der Waals surface area (Å²) in [5.74, 6) is -0.956. The van der Waals surface area contributed by atoms with Crippen molar-refractivity contribution >= 4 is 5.97 Å². The summed E-state index contributed by atoms with van der Waals surface area (Å²) in [4.78, 5) is 11.8. The van der Waals surface area contributed by atoms with Crippen molar-refractivity contribution in [2.45, 2.75) is 32.9 Å². The maximum Gasteiger partial charge on any atom is 0.323 e. The van der Waals surface area contributed by atoms with E-state index >= 15 is 0 Å². The lowest BCUT2D eigenvalue weighted by molar-refractivity contribution is -0.146. The molecule has 23 heavy (non-hydrogen) atoms. The fourth-order valence-electron chi connectivity index (χ4n) is 1.87. The van der Waals surface area contributed by atoms with Crippen molar-refractivity contribution in [1.29, 1.82) is 0 Å². The van der Waals surface area contributed by atoms with Crippen LogP contribution in [0.15, 0.2) is 48.5 Å². The van der Waals surface area contributed by atoms with E-state index in [-0.39, 0.29) is 24.5 Å². The highest BCUT2D eigenvalue weighted by atomic mass is 16.5. The third kappa shape index (κ3) is 6.00. The Hall–Kier alpha value is -2.53. The molecule has 124 valence electrons. The Labute approximate surface area is 136 Å². The Morgan fingerprint density at radius 2 is 1.70 bits per heavy atom. The first kappa shape index (κ1) is 18.5. The largest absolute Gasteiger partial charge is 0.504 e. The van der Waals surface area contributed by atoms with Crippen LogP contribution in [0.3, 0.4) is 0 Å². The molecule has 0 aliphatic rings. The molecule has 0 saturated heterocycles. The predicted molar refractivity (Wildman–Crippen MR) is 89.0 cm³/mol. The minimum Gasteiger partial charge on any atom is -0.504 e. The molecule has 0 amide bonds. The average Bonchev–Trinajstić information content (AvgIpc) is 2.58. The number of carbonyl (C=O) groups excluding carboxylic acids is 1. The van der Waals surface area contributed by atoms with Gasteiger partial charge < -0.3 is 20.7 Å². The molecule has 0 spiro atoms. The molecule has 0 aromatic heterocycles. The number of aromatic hydroxyl groups is 2. The van der Waals surface area contributed by atoms with Gasteiger partial charge in [-0.15, -0.1) is 0 Å². The van der Waals surface area contributed by atoms with Gasteiger partial charge in [0, 0.05) is 0 Å². The lowest BCUT2D eigenvalue weighted by Crippen LogP contribution is -2.34. The van der Waals surface area contributed by atoms with Crippen LogP contribution in [-0.4, -0.2) is 22.2 Å². The Balaban J connectivity index is 0.00000127. The van der Waals surface area contributed by atoms with Gasteiger partial charge in [0.2, 0.25) is 0 Å². The van der Waals surface area contributed by atoms with E-state index in [9.17, 15) is 15.0 Å². The number of carbonyl (C=O) groups is 1. The maximum absolute atomic E-state index is 11.8. The molecule has 0 heterocycles. The summed E-state index contributed by atoms with van der Waals surface area (Å²) in [5, 5.41) is 18.6. The Kier molecular flexibility index (Phi) is 7.63. The zero-order valence-electron chi connectivity index (χ0n) is 13.4. The van der Waals surface area contributed by atoms with Crippen molar-refractivity contribution in [2.75, 3.05) is 0 Å². The zero-order valence-corrected chi connectivity index (χ0v) is 13.4. The average molecular weight is 317 g/mol. The van der Waals surface area contributed by atoms with Crippen LogP contribution in [0.5, 0.6) is 11.5 Å². The predicted octanol–water partition coefficient (Wildman–Crippen LogP) is 2.74. The van der Waals surface area contributed by atoms with E-state index in [2.05, 4.69) is 0 Å². The zero-order chi connectivity index (χ0) is 17.2. The van der Waals surface area contributed by atoms with Crippen molar-refractivity contribution in [3.8, 4) is 11.5 Å². The number of nitrogens with two attached hydrogens (primary N) is 1. The molecule has 0 aliphatic heterocycles. The molecule has 5 nitrogen and oxygen atoms in total. The molecule has 0 unspecified atom stereocenters. The third-order valence-electron chi connectivity index (χ3n) is 3.02. The van der Waals surface area contributed by atoms with Gasteiger partial charge in [0.05, 0.1) is 0 Å². The molecule has 0 fully saturated rings. The van der Waals surface area contributed by atoms with Crippen molar-refractivity contribution in [2.24, 2.45) is 5.73 Å². The minimum atomic E-state index is -0.822. The minimum absolute atomic E-state index is 0.175. The van der Waals surface area contributed by atoms with Gasteiger partial charge in [0.1, 0.15) is 12.6 Å². The maximum atomic E-state index is 11.8. The number of hydrogen-bond acceptors (Lipinski definition) is 5. The highest BCUT2D eigenvalue weighted by Crippen LogP contribution is 2.25. The molecule has 2 aromatic carbocycles. The van der Waals surface area contributed by atoms with Gasteiger partial charge in [-0.1, -0.05) is 50.2 Å². The standard InChI is InChI=1S/C16H17NO4.C2H6/c17-13(8-12-6-7-14(18)15(19)9-12)16(20)21-10-11-4-2-1-3-5-11;1-2/h1-7,9,13,18-19H,8,10,17H2;1-2H3/t13-;/m0./s1. The number of hydrogen-bond donors (Lipinski definition) is 3. The van der Waals surface area contributed by atoms with E-state index < -0.39 is 12.0 Å². The van der Waals surface area contributed by atoms with Gasteiger partial charge in [-0.05, 0) is 29.7 Å². The summed E-state index contributed by atoms with van der Waals surface area (Å²) in [6.45, 7) is 4.17. The molecule has 0 radical (unpaired) electrons. The second-order valence-corrected chi connectivity index (χ2v) is 4.73. The van der Waals surface area contributed by atoms with Gasteiger partial charge in [-0.25, -0.2) is 0 Å². The van der Waals surface area contributed by atoms with Crippen LogP contribution in [-0.2, 0) is 22.6 Å². The highest BCUT2D eigenvalue weighted by molar-refractivity contribution is 5.76. The lowest BCUT2D eigenvalue weighted by atomic mass is 10.1. The molecule has 2 rings (SSSR count). The quantitative estimate of drug-likeness (QED) is 0.582. The molecule has 1 atom stereocenters. The first-order chi connectivity index (χ1) is 11.1. The summed E-state index contributed by atoms with van der Waals surface area (Å²) in [7, 11) is 0. The summed E-state index contributed by atoms with van der Waals surface area (Å²) < 4.78 is 5.14. The van der Waals surface area contributed by atoms with Crippen LogP contribution in [0.1, 0.15) is 25.0 Å². The van der Waals surface area contributed by atoms with Gasteiger partial charge in [-0.2, -0.15) is 0 Å². The molecule has 2 aromatic rings. The number of rotatable bonds is 5. The smallest absolute Gasteiger partial charge is 0.323 e. The third-order valence-corrected chi connectivity index (χ3v) is 3.02. The van der Waals surface area contributed by atoms with E-state index in [0.717, 1.165) is 5.56 Å². The van der Waals surface area contributed by atoms with Gasteiger partial charge in [-0.3, -0.25) is 4.79 Å². The van der Waals surface area contributed by atoms with Crippen LogP contribution in [0.4, 0.5) is 0 Å². The van der Waals surface area contributed by atoms with Crippen LogP contribution in [0, 0.1) is 0 Å². The second-order valence-electron chi connectivity index (χ2n) is 4.73. The lowest BCUT2D eigenvalue weighted by Gasteiger charge is -2.12. The van der Waals surface area contributed by atoms with Crippen molar-refractivity contribution < 1.29 is 19.7 Å². The molecular weight excluding hydrogens is 294 g/mol. The fraction of sp³-hybridized carbons (Fsp3) is 0.278. The molecule has 4 N–H and O–H groups in total. The van der Waals surface area contributed by atoms with Crippen LogP contribution < -0.4 is 5.73 Å². The molecule has 0 aliphatic carbocycles. The van der Waals surface area contributed by atoms with Gasteiger partial charge in [0.15, 0.2) is 11.5 Å². The molecule has 5 heteroatoms. The van der Waals surface area contributed by atoms with Crippen molar-refractivity contribution in [1.82, 2.24) is 0 Å². The second kappa shape index (κ2) is 9.48. The van der Waals surface area contributed by atoms with E-state index in [1.54, 1.807) is 6.07 Å². The van der Waals surface area contributed by atoms with Crippen LogP contribution in [0.25, 0.3) is 0 Å². The number of ether oxygens (including phenoxy) is 1. The Morgan fingerprint density at radius 3 is 2.30 bits per heavy atom. The SMILES string of the molecule is CC.N[C@@H](Cc1ccc(O)c(O)c1)C(=O)OCc1ccccc1. The normalized spacial score (nSPS) is 11.1. The van der Waals surface area contributed by atoms with E-state index in [1.807, 2.05) is 44.2 Å². The first-order valence-corrected chi connectivity index (χ1v) is 7.53.